The third-order valence-electron chi connectivity index (χ3n) is 4.24. The molecule has 0 aromatic heterocycles. The van der Waals surface area contributed by atoms with Crippen LogP contribution in [0.2, 0.25) is 0 Å². The zero-order chi connectivity index (χ0) is 18.8. The Morgan fingerprint density at radius 2 is 1.50 bits per heavy atom. The lowest BCUT2D eigenvalue weighted by Crippen LogP contribution is -2.28. The molecule has 5 heteroatoms. The molecule has 2 aromatic rings. The first kappa shape index (κ1) is 19.8. The lowest BCUT2D eigenvalue weighted by atomic mass is 10.1. The molecule has 0 saturated carbocycles. The number of methoxy groups -OCH3 is 1. The van der Waals surface area contributed by atoms with E-state index in [9.17, 15) is 4.79 Å². The van der Waals surface area contributed by atoms with E-state index in [2.05, 4.69) is 48.3 Å². The van der Waals surface area contributed by atoms with Gasteiger partial charge in [-0.25, -0.2) is 0 Å². The first-order valence-electron chi connectivity index (χ1n) is 8.98. The minimum Gasteiger partial charge on any atom is -0.497 e. The van der Waals surface area contributed by atoms with Crippen molar-refractivity contribution in [3.8, 4) is 11.5 Å². The summed E-state index contributed by atoms with van der Waals surface area (Å²) in [5, 5.41) is 2.88. The smallest absolute Gasteiger partial charge is 0.258 e. The van der Waals surface area contributed by atoms with Crippen molar-refractivity contribution in [2.75, 3.05) is 26.8 Å². The third-order valence-corrected chi connectivity index (χ3v) is 4.24. The maximum absolute atomic E-state index is 11.9. The van der Waals surface area contributed by atoms with Crippen molar-refractivity contribution in [1.82, 2.24) is 10.2 Å². The van der Waals surface area contributed by atoms with Crippen LogP contribution in [-0.2, 0) is 17.9 Å². The molecule has 5 nitrogen and oxygen atoms in total. The molecule has 0 unspecified atom stereocenters. The highest BCUT2D eigenvalue weighted by atomic mass is 16.5. The van der Waals surface area contributed by atoms with E-state index in [1.165, 1.54) is 5.56 Å². The molecule has 1 N–H and O–H groups in total. The molecule has 0 spiro atoms. The second kappa shape index (κ2) is 10.5. The molecule has 1 amide bonds. The SMILES string of the molecule is CCN(CC)Cc1ccc(CNC(=O)COc2ccc(OC)cc2)cc1. The summed E-state index contributed by atoms with van der Waals surface area (Å²) in [7, 11) is 1.61. The molecule has 0 aliphatic heterocycles. The van der Waals surface area contributed by atoms with E-state index in [0.29, 0.717) is 12.3 Å². The van der Waals surface area contributed by atoms with Crippen LogP contribution in [0.1, 0.15) is 25.0 Å². The number of carbonyl (C=O) groups excluding carboxylic acids is 1. The van der Waals surface area contributed by atoms with Crippen LogP contribution in [-0.4, -0.2) is 37.6 Å². The van der Waals surface area contributed by atoms with Crippen LogP contribution >= 0.6 is 0 Å². The molecule has 0 atom stereocenters. The molecule has 2 rings (SSSR count). The van der Waals surface area contributed by atoms with Crippen molar-refractivity contribution in [1.29, 1.82) is 0 Å². The number of nitrogens with zero attached hydrogens (tertiary/aromatic N) is 1. The summed E-state index contributed by atoms with van der Waals surface area (Å²) >= 11 is 0. The maximum Gasteiger partial charge on any atom is 0.258 e. The van der Waals surface area contributed by atoms with Gasteiger partial charge in [0.2, 0.25) is 0 Å². The zero-order valence-electron chi connectivity index (χ0n) is 15.8. The van der Waals surface area contributed by atoms with E-state index in [0.717, 1.165) is 30.9 Å². The van der Waals surface area contributed by atoms with Crippen LogP contribution in [0.5, 0.6) is 11.5 Å². The van der Waals surface area contributed by atoms with Gasteiger partial charge in [0.1, 0.15) is 11.5 Å². The molecular weight excluding hydrogens is 328 g/mol. The van der Waals surface area contributed by atoms with Gasteiger partial charge in [0, 0.05) is 13.1 Å². The Hall–Kier alpha value is -2.53. The summed E-state index contributed by atoms with van der Waals surface area (Å²) in [5.74, 6) is 1.25. The van der Waals surface area contributed by atoms with E-state index >= 15 is 0 Å². The predicted molar refractivity (Wildman–Crippen MR) is 103 cm³/mol. The highest BCUT2D eigenvalue weighted by molar-refractivity contribution is 5.77. The standard InChI is InChI=1S/C21H28N2O3/c1-4-23(5-2)15-18-8-6-17(7-9-18)14-22-21(24)16-26-20-12-10-19(25-3)11-13-20/h6-13H,4-5,14-16H2,1-3H3,(H,22,24). The number of benzene rings is 2. The molecule has 0 saturated heterocycles. The molecule has 140 valence electrons. The summed E-state index contributed by atoms with van der Waals surface area (Å²) in [6, 6.07) is 15.5. The van der Waals surface area contributed by atoms with E-state index < -0.39 is 0 Å². The van der Waals surface area contributed by atoms with Crippen LogP contribution < -0.4 is 14.8 Å². The first-order chi connectivity index (χ1) is 12.6. The van der Waals surface area contributed by atoms with Gasteiger partial charge in [-0.05, 0) is 48.5 Å². The van der Waals surface area contributed by atoms with Gasteiger partial charge >= 0.3 is 0 Å². The van der Waals surface area contributed by atoms with Crippen LogP contribution in [0.4, 0.5) is 0 Å². The molecule has 0 heterocycles. The minimum absolute atomic E-state index is 0.00757. The minimum atomic E-state index is -0.145. The Balaban J connectivity index is 1.74. The van der Waals surface area contributed by atoms with Crippen molar-refractivity contribution >= 4 is 5.91 Å². The Kier molecular flexibility index (Phi) is 7.96. The Morgan fingerprint density at radius 3 is 2.08 bits per heavy atom. The van der Waals surface area contributed by atoms with E-state index in [1.807, 2.05) is 0 Å². The van der Waals surface area contributed by atoms with Crippen molar-refractivity contribution in [3.05, 3.63) is 59.7 Å². The van der Waals surface area contributed by atoms with Crippen LogP contribution in [0.25, 0.3) is 0 Å². The topological polar surface area (TPSA) is 50.8 Å². The fraction of sp³-hybridized carbons (Fsp3) is 0.381. The molecule has 0 bridgehead atoms. The number of hydrogen-bond donors (Lipinski definition) is 1. The highest BCUT2D eigenvalue weighted by Crippen LogP contribution is 2.16. The van der Waals surface area contributed by atoms with Gasteiger partial charge < -0.3 is 14.8 Å². The average molecular weight is 356 g/mol. The summed E-state index contributed by atoms with van der Waals surface area (Å²) in [5.41, 5.74) is 2.36. The van der Waals surface area contributed by atoms with Crippen LogP contribution in [0, 0.1) is 0 Å². The van der Waals surface area contributed by atoms with Gasteiger partial charge in [-0.2, -0.15) is 0 Å². The third kappa shape index (κ3) is 6.41. The molecule has 0 aliphatic carbocycles. The summed E-state index contributed by atoms with van der Waals surface area (Å²) < 4.78 is 10.6. The van der Waals surface area contributed by atoms with Crippen LogP contribution in [0.3, 0.4) is 0 Å². The number of rotatable bonds is 10. The monoisotopic (exact) mass is 356 g/mol. The van der Waals surface area contributed by atoms with Crippen molar-refractivity contribution < 1.29 is 14.3 Å². The lowest BCUT2D eigenvalue weighted by molar-refractivity contribution is -0.123. The second-order valence-corrected chi connectivity index (χ2v) is 6.02. The van der Waals surface area contributed by atoms with Crippen molar-refractivity contribution in [3.63, 3.8) is 0 Å². The molecule has 0 fully saturated rings. The quantitative estimate of drug-likeness (QED) is 0.710. The predicted octanol–water partition coefficient (Wildman–Crippen LogP) is 3.23. The lowest BCUT2D eigenvalue weighted by Gasteiger charge is -2.18. The molecular formula is C21H28N2O3. The van der Waals surface area contributed by atoms with E-state index in [4.69, 9.17) is 9.47 Å². The zero-order valence-corrected chi connectivity index (χ0v) is 15.8. The van der Waals surface area contributed by atoms with Gasteiger partial charge in [-0.3, -0.25) is 9.69 Å². The molecule has 26 heavy (non-hydrogen) atoms. The summed E-state index contributed by atoms with van der Waals surface area (Å²) in [6.45, 7) is 7.87. The Morgan fingerprint density at radius 1 is 0.923 bits per heavy atom. The normalized spacial score (nSPS) is 10.6. The second-order valence-electron chi connectivity index (χ2n) is 6.02. The molecule has 0 aliphatic rings. The average Bonchev–Trinajstić information content (AvgIpc) is 2.70. The van der Waals surface area contributed by atoms with Gasteiger partial charge in [-0.1, -0.05) is 38.1 Å². The highest BCUT2D eigenvalue weighted by Gasteiger charge is 2.05. The molecule has 0 radical (unpaired) electrons. The fourth-order valence-corrected chi connectivity index (χ4v) is 2.54. The first-order valence-corrected chi connectivity index (χ1v) is 8.98. The number of amides is 1. The van der Waals surface area contributed by atoms with Gasteiger partial charge in [-0.15, -0.1) is 0 Å². The number of nitrogens with one attached hydrogen (secondary N) is 1. The number of ether oxygens (including phenoxy) is 2. The maximum atomic E-state index is 11.9. The number of hydrogen-bond acceptors (Lipinski definition) is 4. The van der Waals surface area contributed by atoms with E-state index in [1.54, 1.807) is 31.4 Å². The Labute approximate surface area is 155 Å². The summed E-state index contributed by atoms with van der Waals surface area (Å²) in [4.78, 5) is 14.3. The van der Waals surface area contributed by atoms with Crippen molar-refractivity contribution in [2.24, 2.45) is 0 Å². The molecule has 2 aromatic carbocycles. The summed E-state index contributed by atoms with van der Waals surface area (Å²) in [6.07, 6.45) is 0. The van der Waals surface area contributed by atoms with E-state index in [-0.39, 0.29) is 12.5 Å². The van der Waals surface area contributed by atoms with Gasteiger partial charge in [0.15, 0.2) is 6.61 Å². The largest absolute Gasteiger partial charge is 0.497 e. The Bertz CT molecular complexity index is 665. The number of carbonyl (C=O) groups is 1. The fourth-order valence-electron chi connectivity index (χ4n) is 2.54. The van der Waals surface area contributed by atoms with Gasteiger partial charge in [0.25, 0.3) is 5.91 Å². The van der Waals surface area contributed by atoms with Crippen LogP contribution in [0.15, 0.2) is 48.5 Å². The van der Waals surface area contributed by atoms with Crippen molar-refractivity contribution in [2.45, 2.75) is 26.9 Å². The van der Waals surface area contributed by atoms with Gasteiger partial charge in [0.05, 0.1) is 7.11 Å².